The molecule has 1 N–H and O–H groups in total. The van der Waals surface area contributed by atoms with Gasteiger partial charge in [-0.2, -0.15) is 12.6 Å². The van der Waals surface area contributed by atoms with Gasteiger partial charge in [-0.3, -0.25) is 4.79 Å². The zero-order valence-electron chi connectivity index (χ0n) is 19.6. The van der Waals surface area contributed by atoms with Crippen molar-refractivity contribution in [2.45, 2.75) is 76.5 Å². The highest BCUT2D eigenvalue weighted by atomic mass is 32.1. The number of alkyl halides is 1. The fraction of sp³-hybridized carbons (Fsp3) is 0.792. The lowest BCUT2D eigenvalue weighted by Gasteiger charge is -2.35. The van der Waals surface area contributed by atoms with Crippen molar-refractivity contribution in [2.24, 2.45) is 5.92 Å². The van der Waals surface area contributed by atoms with Crippen molar-refractivity contribution in [3.05, 3.63) is 23.8 Å². The molecule has 0 saturated heterocycles. The van der Waals surface area contributed by atoms with E-state index in [4.69, 9.17) is 19.3 Å². The first-order valence-electron chi connectivity index (χ1n) is 11.9. The fourth-order valence-electron chi connectivity index (χ4n) is 3.69. The van der Waals surface area contributed by atoms with E-state index in [0.717, 1.165) is 24.7 Å². The van der Waals surface area contributed by atoms with E-state index in [9.17, 15) is 13.6 Å². The van der Waals surface area contributed by atoms with Crippen molar-refractivity contribution in [2.75, 3.05) is 38.8 Å². The number of halogens is 3. The third kappa shape index (κ3) is 10.8. The van der Waals surface area contributed by atoms with Crippen molar-refractivity contribution >= 4 is 18.6 Å². The van der Waals surface area contributed by atoms with Crippen LogP contribution in [0.25, 0.3) is 0 Å². The molecule has 1 aliphatic rings. The maximum atomic E-state index is 15.1. The SMILES string of the molecule is CC(OCCOCCOCCCCCCCCCCCS)C1(F)C(F)=C(F)C=CC1C(=O)O. The van der Waals surface area contributed by atoms with Gasteiger partial charge in [0.2, 0.25) is 5.67 Å². The lowest BCUT2D eigenvalue weighted by atomic mass is 9.80. The van der Waals surface area contributed by atoms with Crippen LogP contribution in [-0.4, -0.2) is 61.6 Å². The predicted molar refractivity (Wildman–Crippen MR) is 126 cm³/mol. The van der Waals surface area contributed by atoms with E-state index in [1.165, 1.54) is 51.9 Å². The molecule has 0 radical (unpaired) electrons. The van der Waals surface area contributed by atoms with Crippen molar-refractivity contribution in [3.63, 3.8) is 0 Å². The molecule has 1 rings (SSSR count). The van der Waals surface area contributed by atoms with Crippen LogP contribution < -0.4 is 0 Å². The highest BCUT2D eigenvalue weighted by Crippen LogP contribution is 2.42. The summed E-state index contributed by atoms with van der Waals surface area (Å²) in [7, 11) is 0. The number of hydrogen-bond acceptors (Lipinski definition) is 5. The van der Waals surface area contributed by atoms with Crippen LogP contribution in [0.4, 0.5) is 13.2 Å². The minimum atomic E-state index is -3.11. The van der Waals surface area contributed by atoms with E-state index in [1.807, 2.05) is 0 Å². The lowest BCUT2D eigenvalue weighted by molar-refractivity contribution is -0.151. The van der Waals surface area contributed by atoms with Gasteiger partial charge < -0.3 is 19.3 Å². The van der Waals surface area contributed by atoms with Gasteiger partial charge >= 0.3 is 5.97 Å². The summed E-state index contributed by atoms with van der Waals surface area (Å²) in [6.07, 6.45) is 10.9. The van der Waals surface area contributed by atoms with Crippen LogP contribution in [0.3, 0.4) is 0 Å². The van der Waals surface area contributed by atoms with Gasteiger partial charge in [-0.25, -0.2) is 13.2 Å². The number of carboxylic acid groups (broad SMARTS) is 1. The second kappa shape index (κ2) is 17.4. The molecular formula is C24H39F3O5S. The monoisotopic (exact) mass is 496 g/mol. The van der Waals surface area contributed by atoms with Gasteiger partial charge in [0, 0.05) is 6.61 Å². The third-order valence-corrected chi connectivity index (χ3v) is 6.02. The molecule has 0 fully saturated rings. The highest BCUT2D eigenvalue weighted by molar-refractivity contribution is 7.80. The Morgan fingerprint density at radius 2 is 1.48 bits per heavy atom. The summed E-state index contributed by atoms with van der Waals surface area (Å²) in [5, 5.41) is 9.15. The molecule has 0 aliphatic heterocycles. The number of unbranched alkanes of at least 4 members (excludes halogenated alkanes) is 8. The molecule has 0 aromatic heterocycles. The molecule has 33 heavy (non-hydrogen) atoms. The predicted octanol–water partition coefficient (Wildman–Crippen LogP) is 5.99. The Hall–Kier alpha value is -1.03. The van der Waals surface area contributed by atoms with E-state index in [0.29, 0.717) is 25.9 Å². The minimum Gasteiger partial charge on any atom is -0.481 e. The molecule has 5 nitrogen and oxygen atoms in total. The van der Waals surface area contributed by atoms with Crippen molar-refractivity contribution < 1.29 is 37.3 Å². The first kappa shape index (κ1) is 30.0. The molecule has 0 heterocycles. The van der Waals surface area contributed by atoms with E-state index >= 15 is 4.39 Å². The molecule has 0 spiro atoms. The maximum absolute atomic E-state index is 15.1. The summed E-state index contributed by atoms with van der Waals surface area (Å²) >= 11 is 4.21. The van der Waals surface area contributed by atoms with Gasteiger partial charge in [-0.05, 0) is 31.6 Å². The van der Waals surface area contributed by atoms with Crippen LogP contribution in [0.2, 0.25) is 0 Å². The normalized spacial score (nSPS) is 21.5. The highest BCUT2D eigenvalue weighted by Gasteiger charge is 2.54. The van der Waals surface area contributed by atoms with Crippen LogP contribution in [0.15, 0.2) is 23.8 Å². The summed E-state index contributed by atoms with van der Waals surface area (Å²) in [5.74, 6) is -5.68. The van der Waals surface area contributed by atoms with Crippen molar-refractivity contribution in [1.29, 1.82) is 0 Å². The number of hydrogen-bond donors (Lipinski definition) is 2. The topological polar surface area (TPSA) is 65.0 Å². The molecular weight excluding hydrogens is 457 g/mol. The molecule has 3 unspecified atom stereocenters. The Morgan fingerprint density at radius 1 is 0.970 bits per heavy atom. The molecule has 0 aromatic carbocycles. The standard InChI is InChI=1S/C24H39F3O5S/c1-19(24(27)20(23(28)29)11-12-21(25)22(24)26)32-17-16-31-15-14-30-13-9-7-5-3-2-4-6-8-10-18-33/h11-12,19-20,33H,2-10,13-18H2,1H3,(H,28,29). The number of aliphatic carboxylic acids is 1. The lowest BCUT2D eigenvalue weighted by Crippen LogP contribution is -2.49. The van der Waals surface area contributed by atoms with Crippen molar-refractivity contribution in [1.82, 2.24) is 0 Å². The molecule has 192 valence electrons. The third-order valence-electron chi connectivity index (χ3n) is 5.71. The van der Waals surface area contributed by atoms with Gasteiger partial charge in [0.15, 0.2) is 11.7 Å². The first-order valence-corrected chi connectivity index (χ1v) is 12.5. The number of carbonyl (C=O) groups is 1. The van der Waals surface area contributed by atoms with E-state index in [1.54, 1.807) is 0 Å². The van der Waals surface area contributed by atoms with E-state index in [2.05, 4.69) is 12.6 Å². The van der Waals surface area contributed by atoms with Gasteiger partial charge in [-0.15, -0.1) is 0 Å². The van der Waals surface area contributed by atoms with E-state index < -0.39 is 35.3 Å². The Morgan fingerprint density at radius 3 is 2.06 bits per heavy atom. The van der Waals surface area contributed by atoms with Gasteiger partial charge in [-0.1, -0.05) is 51.0 Å². The Balaban J connectivity index is 2.04. The number of carboxylic acids is 1. The van der Waals surface area contributed by atoms with E-state index in [-0.39, 0.29) is 13.2 Å². The fourth-order valence-corrected chi connectivity index (χ4v) is 3.91. The molecule has 9 heteroatoms. The van der Waals surface area contributed by atoms with Gasteiger partial charge in [0.25, 0.3) is 0 Å². The summed E-state index contributed by atoms with van der Waals surface area (Å²) in [6.45, 7) is 2.60. The van der Waals surface area contributed by atoms with Gasteiger partial charge in [0.05, 0.1) is 32.5 Å². The smallest absolute Gasteiger partial charge is 0.314 e. The first-order chi connectivity index (χ1) is 15.9. The summed E-state index contributed by atoms with van der Waals surface area (Å²) in [4.78, 5) is 11.3. The van der Waals surface area contributed by atoms with Crippen LogP contribution in [-0.2, 0) is 19.0 Å². The van der Waals surface area contributed by atoms with Crippen LogP contribution in [0.5, 0.6) is 0 Å². The average molecular weight is 497 g/mol. The number of thiol groups is 1. The van der Waals surface area contributed by atoms with Crippen LogP contribution in [0.1, 0.15) is 64.7 Å². The Labute approximate surface area is 201 Å². The molecule has 0 saturated carbocycles. The zero-order chi connectivity index (χ0) is 24.5. The second-order valence-corrected chi connectivity index (χ2v) is 8.70. The van der Waals surface area contributed by atoms with Crippen LogP contribution in [0, 0.1) is 5.92 Å². The van der Waals surface area contributed by atoms with Crippen LogP contribution >= 0.6 is 12.6 Å². The number of ether oxygens (including phenoxy) is 3. The summed E-state index contributed by atoms with van der Waals surface area (Å²) in [6, 6.07) is 0. The zero-order valence-corrected chi connectivity index (χ0v) is 20.5. The largest absolute Gasteiger partial charge is 0.481 e. The molecule has 0 amide bonds. The Kier molecular flexibility index (Phi) is 15.8. The number of allylic oxidation sites excluding steroid dienone is 2. The van der Waals surface area contributed by atoms with Crippen molar-refractivity contribution in [3.8, 4) is 0 Å². The average Bonchev–Trinajstić information content (AvgIpc) is 2.79. The summed E-state index contributed by atoms with van der Waals surface area (Å²) in [5.41, 5.74) is -3.11. The molecule has 3 atom stereocenters. The maximum Gasteiger partial charge on any atom is 0.314 e. The van der Waals surface area contributed by atoms with Gasteiger partial charge in [0.1, 0.15) is 5.92 Å². The second-order valence-electron chi connectivity index (χ2n) is 8.25. The quantitative estimate of drug-likeness (QED) is 0.160. The summed E-state index contributed by atoms with van der Waals surface area (Å²) < 4.78 is 58.8. The Bertz CT molecular complexity index is 617. The molecule has 0 aromatic rings. The number of rotatable bonds is 20. The molecule has 1 aliphatic carbocycles. The minimum absolute atomic E-state index is 0.0908. The molecule has 0 bridgehead atoms.